The normalized spacial score (nSPS) is 15.8. The van der Waals surface area contributed by atoms with Gasteiger partial charge in [-0.05, 0) is 56.2 Å². The summed E-state index contributed by atoms with van der Waals surface area (Å²) < 4.78 is 37.5. The second-order valence-corrected chi connectivity index (χ2v) is 8.47. The summed E-state index contributed by atoms with van der Waals surface area (Å²) >= 11 is 0. The molecular weight excluding hydrogens is 380 g/mol. The van der Waals surface area contributed by atoms with Crippen LogP contribution in [0.25, 0.3) is 0 Å². The van der Waals surface area contributed by atoms with Gasteiger partial charge in [0, 0.05) is 18.8 Å². The number of sulfonamides is 1. The van der Waals surface area contributed by atoms with Gasteiger partial charge >= 0.3 is 0 Å². The molecule has 0 saturated carbocycles. The van der Waals surface area contributed by atoms with E-state index in [-0.39, 0.29) is 10.8 Å². The van der Waals surface area contributed by atoms with Gasteiger partial charge in [0.2, 0.25) is 10.0 Å². The summed E-state index contributed by atoms with van der Waals surface area (Å²) in [6.45, 7) is 2.74. The van der Waals surface area contributed by atoms with Crippen molar-refractivity contribution in [3.63, 3.8) is 0 Å². The fourth-order valence-corrected chi connectivity index (χ4v) is 4.51. The van der Waals surface area contributed by atoms with Crippen LogP contribution < -0.4 is 14.8 Å². The maximum Gasteiger partial charge on any atom is 0.265 e. The number of hydrogen-bond acceptors (Lipinski definition) is 5. The SMILES string of the molecule is COc1ccccc1O[C@@H](C)C(=O)Nc1ccc(S(=O)(=O)N2CCCC2)cc1. The average molecular weight is 404 g/mol. The first-order valence-electron chi connectivity index (χ1n) is 9.12. The molecule has 3 rings (SSSR count). The molecule has 0 aliphatic carbocycles. The number of anilines is 1. The molecule has 1 amide bonds. The molecule has 1 atom stereocenters. The molecule has 150 valence electrons. The third-order valence-electron chi connectivity index (χ3n) is 4.57. The third kappa shape index (κ3) is 4.45. The van der Waals surface area contributed by atoms with E-state index in [0.717, 1.165) is 12.8 Å². The van der Waals surface area contributed by atoms with Crippen LogP contribution in [0.3, 0.4) is 0 Å². The molecule has 1 saturated heterocycles. The number of nitrogens with one attached hydrogen (secondary N) is 1. The van der Waals surface area contributed by atoms with E-state index < -0.39 is 16.1 Å². The highest BCUT2D eigenvalue weighted by molar-refractivity contribution is 7.89. The Bertz CT molecular complexity index is 922. The van der Waals surface area contributed by atoms with E-state index in [1.807, 2.05) is 6.07 Å². The summed E-state index contributed by atoms with van der Waals surface area (Å²) in [6.07, 6.45) is 1.01. The van der Waals surface area contributed by atoms with Gasteiger partial charge in [-0.2, -0.15) is 4.31 Å². The van der Waals surface area contributed by atoms with Gasteiger partial charge in [-0.15, -0.1) is 0 Å². The quantitative estimate of drug-likeness (QED) is 0.767. The maximum absolute atomic E-state index is 12.5. The number of carbonyl (C=O) groups is 1. The zero-order valence-electron chi connectivity index (χ0n) is 15.9. The van der Waals surface area contributed by atoms with Crippen LogP contribution in [0.4, 0.5) is 5.69 Å². The van der Waals surface area contributed by atoms with Gasteiger partial charge in [0.15, 0.2) is 17.6 Å². The Morgan fingerprint density at radius 3 is 2.25 bits per heavy atom. The summed E-state index contributed by atoms with van der Waals surface area (Å²) in [5.41, 5.74) is 0.501. The molecule has 1 aliphatic heterocycles. The fraction of sp³-hybridized carbons (Fsp3) is 0.350. The highest BCUT2D eigenvalue weighted by atomic mass is 32.2. The number of amides is 1. The van der Waals surface area contributed by atoms with Crippen molar-refractivity contribution < 1.29 is 22.7 Å². The number of ether oxygens (including phenoxy) is 2. The Kier molecular flexibility index (Phi) is 6.21. The molecule has 0 spiro atoms. The number of benzene rings is 2. The number of methoxy groups -OCH3 is 1. The van der Waals surface area contributed by atoms with Crippen molar-refractivity contribution in [3.8, 4) is 11.5 Å². The molecule has 0 radical (unpaired) electrons. The Balaban J connectivity index is 1.64. The fourth-order valence-electron chi connectivity index (χ4n) is 2.99. The molecule has 2 aromatic carbocycles. The molecule has 1 N–H and O–H groups in total. The van der Waals surface area contributed by atoms with Crippen LogP contribution in [0.5, 0.6) is 11.5 Å². The summed E-state index contributed by atoms with van der Waals surface area (Å²) in [6, 6.07) is 13.3. The van der Waals surface area contributed by atoms with Crippen LogP contribution in [0.2, 0.25) is 0 Å². The van der Waals surface area contributed by atoms with Crippen LogP contribution >= 0.6 is 0 Å². The van der Waals surface area contributed by atoms with Gasteiger partial charge in [-0.1, -0.05) is 12.1 Å². The van der Waals surface area contributed by atoms with Gasteiger partial charge in [-0.3, -0.25) is 4.79 Å². The van der Waals surface area contributed by atoms with E-state index in [9.17, 15) is 13.2 Å². The molecule has 0 bridgehead atoms. The molecule has 1 aliphatic rings. The van der Waals surface area contributed by atoms with Gasteiger partial charge in [0.25, 0.3) is 5.91 Å². The minimum absolute atomic E-state index is 0.228. The first kappa shape index (κ1) is 20.2. The van der Waals surface area contributed by atoms with Crippen molar-refractivity contribution in [2.75, 3.05) is 25.5 Å². The van der Waals surface area contributed by atoms with Crippen LogP contribution in [-0.2, 0) is 14.8 Å². The Morgan fingerprint density at radius 1 is 1.04 bits per heavy atom. The predicted molar refractivity (Wildman–Crippen MR) is 106 cm³/mol. The Morgan fingerprint density at radius 2 is 1.64 bits per heavy atom. The maximum atomic E-state index is 12.5. The molecule has 1 fully saturated rings. The third-order valence-corrected chi connectivity index (χ3v) is 6.48. The minimum atomic E-state index is -3.47. The van der Waals surface area contributed by atoms with Crippen molar-refractivity contribution in [1.82, 2.24) is 4.31 Å². The number of nitrogens with zero attached hydrogens (tertiary/aromatic N) is 1. The van der Waals surface area contributed by atoms with E-state index in [0.29, 0.717) is 30.3 Å². The number of para-hydroxylation sites is 2. The van der Waals surface area contributed by atoms with E-state index in [4.69, 9.17) is 9.47 Å². The van der Waals surface area contributed by atoms with Crippen LogP contribution in [0, 0.1) is 0 Å². The smallest absolute Gasteiger partial charge is 0.265 e. The van der Waals surface area contributed by atoms with Crippen LogP contribution in [-0.4, -0.2) is 44.9 Å². The standard InChI is InChI=1S/C20H24N2O5S/c1-15(27-19-8-4-3-7-18(19)26-2)20(23)21-16-9-11-17(12-10-16)28(24,25)22-13-5-6-14-22/h3-4,7-12,15H,5-6,13-14H2,1-2H3,(H,21,23)/t15-/m0/s1. The molecular formula is C20H24N2O5S. The van der Waals surface area contributed by atoms with Gasteiger partial charge < -0.3 is 14.8 Å². The molecule has 8 heteroatoms. The minimum Gasteiger partial charge on any atom is -0.493 e. The number of carbonyl (C=O) groups excluding carboxylic acids is 1. The zero-order valence-corrected chi connectivity index (χ0v) is 16.7. The van der Waals surface area contributed by atoms with Gasteiger partial charge in [0.05, 0.1) is 12.0 Å². The summed E-state index contributed by atoms with van der Waals surface area (Å²) in [7, 11) is -1.93. The summed E-state index contributed by atoms with van der Waals surface area (Å²) in [4.78, 5) is 12.6. The Labute approximate surface area is 165 Å². The number of hydrogen-bond donors (Lipinski definition) is 1. The van der Waals surface area contributed by atoms with Crippen molar-refractivity contribution >= 4 is 21.6 Å². The zero-order chi connectivity index (χ0) is 20.1. The molecule has 0 aromatic heterocycles. The van der Waals surface area contributed by atoms with Crippen LogP contribution in [0.1, 0.15) is 19.8 Å². The lowest BCUT2D eigenvalue weighted by Gasteiger charge is -2.17. The predicted octanol–water partition coefficient (Wildman–Crippen LogP) is 2.89. The topological polar surface area (TPSA) is 84.9 Å². The van der Waals surface area contributed by atoms with E-state index >= 15 is 0 Å². The number of rotatable bonds is 7. The Hall–Kier alpha value is -2.58. The van der Waals surface area contributed by atoms with E-state index in [1.54, 1.807) is 37.3 Å². The lowest BCUT2D eigenvalue weighted by atomic mass is 10.3. The highest BCUT2D eigenvalue weighted by Gasteiger charge is 2.27. The first-order chi connectivity index (χ1) is 13.4. The van der Waals surface area contributed by atoms with Crippen molar-refractivity contribution in [1.29, 1.82) is 0 Å². The van der Waals surface area contributed by atoms with Crippen molar-refractivity contribution in [3.05, 3.63) is 48.5 Å². The van der Waals surface area contributed by atoms with E-state index in [2.05, 4.69) is 5.32 Å². The first-order valence-corrected chi connectivity index (χ1v) is 10.6. The molecule has 7 nitrogen and oxygen atoms in total. The lowest BCUT2D eigenvalue weighted by molar-refractivity contribution is -0.122. The average Bonchev–Trinajstić information content (AvgIpc) is 3.24. The summed E-state index contributed by atoms with van der Waals surface area (Å²) in [5.74, 6) is 0.666. The molecule has 1 heterocycles. The van der Waals surface area contributed by atoms with Gasteiger partial charge in [-0.25, -0.2) is 8.42 Å². The summed E-state index contributed by atoms with van der Waals surface area (Å²) in [5, 5.41) is 2.73. The van der Waals surface area contributed by atoms with Crippen molar-refractivity contribution in [2.45, 2.75) is 30.8 Å². The molecule has 0 unspecified atom stereocenters. The second kappa shape index (κ2) is 8.62. The highest BCUT2D eigenvalue weighted by Crippen LogP contribution is 2.27. The molecule has 2 aromatic rings. The largest absolute Gasteiger partial charge is 0.493 e. The second-order valence-electron chi connectivity index (χ2n) is 6.54. The lowest BCUT2D eigenvalue weighted by Crippen LogP contribution is -2.30. The molecule has 28 heavy (non-hydrogen) atoms. The van der Waals surface area contributed by atoms with Crippen LogP contribution in [0.15, 0.2) is 53.4 Å². The van der Waals surface area contributed by atoms with E-state index in [1.165, 1.54) is 23.5 Å². The van der Waals surface area contributed by atoms with Gasteiger partial charge in [0.1, 0.15) is 0 Å². The monoisotopic (exact) mass is 404 g/mol. The van der Waals surface area contributed by atoms with Crippen molar-refractivity contribution in [2.24, 2.45) is 0 Å².